The van der Waals surface area contributed by atoms with E-state index < -0.39 is 0 Å². The van der Waals surface area contributed by atoms with Gasteiger partial charge in [-0.05, 0) is 36.6 Å². The molecule has 0 aliphatic rings. The maximum atomic E-state index is 9.04. The molecule has 0 bridgehead atoms. The maximum absolute atomic E-state index is 9.04. The van der Waals surface area contributed by atoms with E-state index in [2.05, 4.69) is 0 Å². The van der Waals surface area contributed by atoms with E-state index in [1.807, 2.05) is 0 Å². The molecule has 0 amide bonds. The first-order chi connectivity index (χ1) is 7.10. The standard InChI is InChI=1S/C10H12Cl3NO/c11-8-1-2-9(12)10(13)7(8)3-6(4-14)5-15/h1-2,6,15H,3-5,14H2. The molecule has 1 aromatic carbocycles. The molecule has 1 aromatic rings. The molecule has 0 aliphatic carbocycles. The number of hydrogen-bond donors (Lipinski definition) is 2. The monoisotopic (exact) mass is 267 g/mol. The van der Waals surface area contributed by atoms with Crippen LogP contribution >= 0.6 is 34.8 Å². The van der Waals surface area contributed by atoms with Gasteiger partial charge < -0.3 is 10.8 Å². The third kappa shape index (κ3) is 3.23. The molecule has 0 aliphatic heterocycles. The van der Waals surface area contributed by atoms with Gasteiger partial charge in [-0.25, -0.2) is 0 Å². The van der Waals surface area contributed by atoms with Crippen molar-refractivity contribution in [3.63, 3.8) is 0 Å². The number of halogens is 3. The molecule has 0 saturated heterocycles. The second-order valence-electron chi connectivity index (χ2n) is 3.31. The molecule has 1 atom stereocenters. The summed E-state index contributed by atoms with van der Waals surface area (Å²) in [6, 6.07) is 3.34. The number of aliphatic hydroxyl groups excluding tert-OH is 1. The van der Waals surface area contributed by atoms with E-state index in [4.69, 9.17) is 45.6 Å². The van der Waals surface area contributed by atoms with Gasteiger partial charge in [0.25, 0.3) is 0 Å². The van der Waals surface area contributed by atoms with Crippen molar-refractivity contribution >= 4 is 34.8 Å². The molecule has 2 nitrogen and oxygen atoms in total. The lowest BCUT2D eigenvalue weighted by Crippen LogP contribution is -2.20. The fourth-order valence-electron chi connectivity index (χ4n) is 1.27. The molecule has 15 heavy (non-hydrogen) atoms. The average Bonchev–Trinajstić information content (AvgIpc) is 2.24. The molecule has 3 N–H and O–H groups in total. The van der Waals surface area contributed by atoms with Crippen molar-refractivity contribution in [2.75, 3.05) is 13.2 Å². The Labute approximate surface area is 104 Å². The summed E-state index contributed by atoms with van der Waals surface area (Å²) in [5.41, 5.74) is 6.24. The van der Waals surface area contributed by atoms with Crippen molar-refractivity contribution in [3.8, 4) is 0 Å². The minimum absolute atomic E-state index is 0.00959. The van der Waals surface area contributed by atoms with Gasteiger partial charge in [0, 0.05) is 11.6 Å². The van der Waals surface area contributed by atoms with Crippen LogP contribution in [0, 0.1) is 5.92 Å². The van der Waals surface area contributed by atoms with Crippen LogP contribution in [-0.4, -0.2) is 18.3 Å². The van der Waals surface area contributed by atoms with E-state index in [-0.39, 0.29) is 12.5 Å². The Bertz CT molecular complexity index is 340. The maximum Gasteiger partial charge on any atom is 0.0639 e. The Morgan fingerprint density at radius 3 is 2.33 bits per heavy atom. The molecule has 0 aromatic heterocycles. The lowest BCUT2D eigenvalue weighted by atomic mass is 10.0. The number of aliphatic hydroxyl groups is 1. The van der Waals surface area contributed by atoms with Gasteiger partial charge in [-0.3, -0.25) is 0 Å². The van der Waals surface area contributed by atoms with E-state index in [0.717, 1.165) is 5.56 Å². The average molecular weight is 269 g/mol. The lowest BCUT2D eigenvalue weighted by molar-refractivity contribution is 0.230. The SMILES string of the molecule is NCC(CO)Cc1c(Cl)ccc(Cl)c1Cl. The summed E-state index contributed by atoms with van der Waals surface area (Å²) >= 11 is 17.9. The summed E-state index contributed by atoms with van der Waals surface area (Å²) in [6.45, 7) is 0.394. The number of rotatable bonds is 4. The highest BCUT2D eigenvalue weighted by molar-refractivity contribution is 6.44. The second kappa shape index (κ2) is 5.92. The summed E-state index contributed by atoms with van der Waals surface area (Å²) in [7, 11) is 0. The summed E-state index contributed by atoms with van der Waals surface area (Å²) in [6.07, 6.45) is 0.533. The van der Waals surface area contributed by atoms with Crippen LogP contribution in [0.2, 0.25) is 15.1 Å². The smallest absolute Gasteiger partial charge is 0.0639 e. The van der Waals surface area contributed by atoms with Crippen LogP contribution in [0.25, 0.3) is 0 Å². The Kier molecular flexibility index (Phi) is 5.16. The summed E-state index contributed by atoms with van der Waals surface area (Å²) in [5, 5.41) is 10.5. The topological polar surface area (TPSA) is 46.2 Å². The first kappa shape index (κ1) is 13.1. The van der Waals surface area contributed by atoms with Crippen molar-refractivity contribution in [1.29, 1.82) is 0 Å². The quantitative estimate of drug-likeness (QED) is 0.825. The number of nitrogens with two attached hydrogens (primary N) is 1. The predicted molar refractivity (Wildman–Crippen MR) is 64.8 cm³/mol. The van der Waals surface area contributed by atoms with Crippen molar-refractivity contribution in [3.05, 3.63) is 32.8 Å². The highest BCUT2D eigenvalue weighted by Gasteiger charge is 2.14. The minimum Gasteiger partial charge on any atom is -0.396 e. The van der Waals surface area contributed by atoms with E-state index in [0.29, 0.717) is 28.0 Å². The molecule has 0 saturated carbocycles. The van der Waals surface area contributed by atoms with Crippen LogP contribution in [0.1, 0.15) is 5.56 Å². The molecular formula is C10H12Cl3NO. The van der Waals surface area contributed by atoms with Gasteiger partial charge >= 0.3 is 0 Å². The summed E-state index contributed by atoms with van der Waals surface area (Å²) in [4.78, 5) is 0. The highest BCUT2D eigenvalue weighted by Crippen LogP contribution is 2.32. The van der Waals surface area contributed by atoms with Gasteiger partial charge in [0.2, 0.25) is 0 Å². The molecule has 0 fully saturated rings. The molecule has 1 rings (SSSR count). The van der Waals surface area contributed by atoms with Gasteiger partial charge in [-0.2, -0.15) is 0 Å². The van der Waals surface area contributed by atoms with Crippen LogP contribution in [-0.2, 0) is 6.42 Å². The summed E-state index contributed by atoms with van der Waals surface area (Å²) in [5.74, 6) is -0.0431. The fourth-order valence-corrected chi connectivity index (χ4v) is 1.97. The second-order valence-corrected chi connectivity index (χ2v) is 4.50. The van der Waals surface area contributed by atoms with Crippen molar-refractivity contribution < 1.29 is 5.11 Å². The van der Waals surface area contributed by atoms with E-state index >= 15 is 0 Å². The van der Waals surface area contributed by atoms with Crippen LogP contribution < -0.4 is 5.73 Å². The molecule has 0 radical (unpaired) electrons. The first-order valence-electron chi connectivity index (χ1n) is 4.53. The zero-order valence-corrected chi connectivity index (χ0v) is 10.3. The fraction of sp³-hybridized carbons (Fsp3) is 0.400. The largest absolute Gasteiger partial charge is 0.396 e. The van der Waals surface area contributed by atoms with Crippen LogP contribution in [0.5, 0.6) is 0 Å². The van der Waals surface area contributed by atoms with Gasteiger partial charge in [0.15, 0.2) is 0 Å². The Morgan fingerprint density at radius 1 is 1.20 bits per heavy atom. The third-order valence-corrected chi connectivity index (χ3v) is 3.42. The highest BCUT2D eigenvalue weighted by atomic mass is 35.5. The lowest BCUT2D eigenvalue weighted by Gasteiger charge is -2.14. The zero-order valence-electron chi connectivity index (χ0n) is 8.01. The van der Waals surface area contributed by atoms with Gasteiger partial charge in [0.05, 0.1) is 10.0 Å². The Hall–Kier alpha value is 0.01000. The van der Waals surface area contributed by atoms with Gasteiger partial charge in [0.1, 0.15) is 0 Å². The molecule has 1 unspecified atom stereocenters. The molecular weight excluding hydrogens is 256 g/mol. The first-order valence-corrected chi connectivity index (χ1v) is 5.66. The van der Waals surface area contributed by atoms with E-state index in [1.54, 1.807) is 12.1 Å². The third-order valence-electron chi connectivity index (χ3n) is 2.22. The minimum atomic E-state index is -0.0431. The zero-order chi connectivity index (χ0) is 11.4. The van der Waals surface area contributed by atoms with Gasteiger partial charge in [-0.15, -0.1) is 0 Å². The molecule has 5 heteroatoms. The van der Waals surface area contributed by atoms with Gasteiger partial charge in [-0.1, -0.05) is 34.8 Å². The summed E-state index contributed by atoms with van der Waals surface area (Å²) < 4.78 is 0. The van der Waals surface area contributed by atoms with Crippen molar-refractivity contribution in [2.45, 2.75) is 6.42 Å². The predicted octanol–water partition coefficient (Wildman–Crippen LogP) is 2.76. The van der Waals surface area contributed by atoms with E-state index in [9.17, 15) is 0 Å². The Morgan fingerprint density at radius 2 is 1.80 bits per heavy atom. The molecule has 0 spiro atoms. The van der Waals surface area contributed by atoms with Crippen LogP contribution in [0.4, 0.5) is 0 Å². The normalized spacial score (nSPS) is 12.9. The Balaban J connectivity index is 2.97. The number of hydrogen-bond acceptors (Lipinski definition) is 2. The van der Waals surface area contributed by atoms with Crippen LogP contribution in [0.15, 0.2) is 12.1 Å². The van der Waals surface area contributed by atoms with Crippen molar-refractivity contribution in [2.24, 2.45) is 11.7 Å². The van der Waals surface area contributed by atoms with Crippen LogP contribution in [0.3, 0.4) is 0 Å². The van der Waals surface area contributed by atoms with Crippen molar-refractivity contribution in [1.82, 2.24) is 0 Å². The molecule has 0 heterocycles. The number of benzene rings is 1. The van der Waals surface area contributed by atoms with E-state index in [1.165, 1.54) is 0 Å². The molecule has 84 valence electrons.